The zero-order valence-corrected chi connectivity index (χ0v) is 19.7. The van der Waals surface area contributed by atoms with E-state index in [1.807, 2.05) is 37.4 Å². The molecule has 4 aromatic rings. The fourth-order valence-corrected chi connectivity index (χ4v) is 4.84. The van der Waals surface area contributed by atoms with Crippen molar-refractivity contribution in [2.24, 2.45) is 0 Å². The minimum Gasteiger partial charge on any atom is -0.461 e. The molecule has 9 nitrogen and oxygen atoms in total. The highest BCUT2D eigenvalue weighted by atomic mass is 19.1. The maximum atomic E-state index is 14.2. The number of halogens is 1. The fourth-order valence-electron chi connectivity index (χ4n) is 4.84. The van der Waals surface area contributed by atoms with Crippen molar-refractivity contribution < 1.29 is 13.5 Å². The van der Waals surface area contributed by atoms with Gasteiger partial charge in [-0.15, -0.1) is 5.10 Å². The summed E-state index contributed by atoms with van der Waals surface area (Å²) in [6, 6.07) is 10.6. The largest absolute Gasteiger partial charge is 0.461 e. The highest BCUT2D eigenvalue weighted by Gasteiger charge is 2.31. The fraction of sp³-hybridized carbons (Fsp3) is 0.400. The van der Waals surface area contributed by atoms with E-state index in [4.69, 9.17) is 24.2 Å². The van der Waals surface area contributed by atoms with Crippen LogP contribution >= 0.6 is 0 Å². The summed E-state index contributed by atoms with van der Waals surface area (Å²) in [5, 5.41) is 8.13. The van der Waals surface area contributed by atoms with Crippen LogP contribution in [0.25, 0.3) is 17.2 Å². The maximum absolute atomic E-state index is 14.2. The van der Waals surface area contributed by atoms with E-state index in [0.717, 1.165) is 56.8 Å². The van der Waals surface area contributed by atoms with Crippen LogP contribution in [0.5, 0.6) is 0 Å². The van der Waals surface area contributed by atoms with Gasteiger partial charge in [-0.25, -0.2) is 14.4 Å². The molecular formula is C25H28FN7O2. The average Bonchev–Trinajstić information content (AvgIpc) is 3.63. The van der Waals surface area contributed by atoms with Crippen molar-refractivity contribution in [1.29, 1.82) is 0 Å². The van der Waals surface area contributed by atoms with E-state index in [0.29, 0.717) is 29.8 Å². The Labute approximate surface area is 202 Å². The molecule has 0 spiro atoms. The standard InChI is InChI=1S/C25H28FN7O2/c1-25(9-5-15-35-25)29-24-27-16-18(23-28-22(30-33(23)24)21-8-4-14-34-21)17-31-10-12-32(13-11-31)20-7-3-2-6-19(20)26/h2-4,6-8,14,16H,5,9-13,15,17H2,1H3,(H,27,29). The van der Waals surface area contributed by atoms with E-state index in [9.17, 15) is 4.39 Å². The Morgan fingerprint density at radius 3 is 2.71 bits per heavy atom. The normalized spacial score (nSPS) is 21.1. The second-order valence-electron chi connectivity index (χ2n) is 9.28. The Bertz CT molecular complexity index is 1310. The highest BCUT2D eigenvalue weighted by Crippen LogP contribution is 2.28. The van der Waals surface area contributed by atoms with E-state index in [2.05, 4.69) is 15.1 Å². The molecule has 1 aromatic carbocycles. The van der Waals surface area contributed by atoms with E-state index in [-0.39, 0.29) is 5.82 Å². The molecule has 1 N–H and O–H groups in total. The average molecular weight is 478 g/mol. The van der Waals surface area contributed by atoms with Gasteiger partial charge in [-0.1, -0.05) is 12.1 Å². The molecule has 2 aliphatic heterocycles. The molecule has 3 aromatic heterocycles. The Kier molecular flexibility index (Phi) is 5.62. The molecule has 6 rings (SSSR count). The van der Waals surface area contributed by atoms with Gasteiger partial charge in [0.05, 0.1) is 12.0 Å². The number of fused-ring (bicyclic) bond motifs is 1. The van der Waals surface area contributed by atoms with Gasteiger partial charge in [-0.05, 0) is 44.0 Å². The summed E-state index contributed by atoms with van der Waals surface area (Å²) >= 11 is 0. The van der Waals surface area contributed by atoms with E-state index in [1.54, 1.807) is 16.8 Å². The van der Waals surface area contributed by atoms with Crippen molar-refractivity contribution in [3.63, 3.8) is 0 Å². The summed E-state index contributed by atoms with van der Waals surface area (Å²) in [7, 11) is 0. The lowest BCUT2D eigenvalue weighted by molar-refractivity contribution is 0.0437. The van der Waals surface area contributed by atoms with Crippen molar-refractivity contribution >= 4 is 17.3 Å². The Morgan fingerprint density at radius 1 is 1.11 bits per heavy atom. The van der Waals surface area contributed by atoms with Crippen LogP contribution in [0.1, 0.15) is 25.3 Å². The first-order valence-corrected chi connectivity index (χ1v) is 12.0. The Balaban J connectivity index is 1.25. The number of ether oxygens (including phenoxy) is 1. The van der Waals surface area contributed by atoms with E-state index >= 15 is 0 Å². The van der Waals surface area contributed by atoms with Crippen LogP contribution in [0.3, 0.4) is 0 Å². The predicted molar refractivity (Wildman–Crippen MR) is 130 cm³/mol. The van der Waals surface area contributed by atoms with Gasteiger partial charge >= 0.3 is 0 Å². The third-order valence-corrected chi connectivity index (χ3v) is 6.73. The topological polar surface area (TPSA) is 84.0 Å². The predicted octanol–water partition coefficient (Wildman–Crippen LogP) is 3.78. The van der Waals surface area contributed by atoms with Crippen LogP contribution in [0.4, 0.5) is 16.0 Å². The molecule has 2 fully saturated rings. The molecule has 1 unspecified atom stereocenters. The lowest BCUT2D eigenvalue weighted by Crippen LogP contribution is -2.46. The van der Waals surface area contributed by atoms with Crippen molar-refractivity contribution in [1.82, 2.24) is 24.5 Å². The van der Waals surface area contributed by atoms with E-state index in [1.165, 1.54) is 6.07 Å². The smallest absolute Gasteiger partial charge is 0.228 e. The van der Waals surface area contributed by atoms with Gasteiger partial charge in [-0.2, -0.15) is 4.52 Å². The number of aromatic nitrogens is 4. The van der Waals surface area contributed by atoms with Crippen LogP contribution in [0.15, 0.2) is 53.3 Å². The first-order valence-electron chi connectivity index (χ1n) is 12.0. The molecule has 0 radical (unpaired) electrons. The van der Waals surface area contributed by atoms with Gasteiger partial charge in [0.2, 0.25) is 11.8 Å². The van der Waals surface area contributed by atoms with Crippen LogP contribution < -0.4 is 10.2 Å². The van der Waals surface area contributed by atoms with Crippen LogP contribution in [-0.4, -0.2) is 63.0 Å². The Morgan fingerprint density at radius 2 is 1.97 bits per heavy atom. The molecule has 2 aliphatic rings. The molecule has 182 valence electrons. The second-order valence-corrected chi connectivity index (χ2v) is 9.28. The minimum absolute atomic E-state index is 0.177. The number of anilines is 2. The number of hydrogen-bond donors (Lipinski definition) is 1. The number of hydrogen-bond acceptors (Lipinski definition) is 8. The second kappa shape index (κ2) is 8.94. The van der Waals surface area contributed by atoms with Crippen LogP contribution in [-0.2, 0) is 11.3 Å². The third-order valence-electron chi connectivity index (χ3n) is 6.73. The van der Waals surface area contributed by atoms with Gasteiger partial charge in [0.25, 0.3) is 0 Å². The lowest BCUT2D eigenvalue weighted by Gasteiger charge is -2.36. The van der Waals surface area contributed by atoms with Crippen molar-refractivity contribution in [3.05, 3.63) is 60.2 Å². The number of furan rings is 1. The first-order chi connectivity index (χ1) is 17.1. The SMILES string of the molecule is CC1(Nc2ncc(CN3CCN(c4ccccc4F)CC3)c3nc(-c4ccco4)nn23)CCCO1. The van der Waals surface area contributed by atoms with Crippen LogP contribution in [0, 0.1) is 5.82 Å². The summed E-state index contributed by atoms with van der Waals surface area (Å²) in [6.45, 7) is 6.55. The zero-order chi connectivity index (χ0) is 23.8. The molecular weight excluding hydrogens is 449 g/mol. The molecule has 2 saturated heterocycles. The summed E-state index contributed by atoms with van der Waals surface area (Å²) in [5.74, 6) is 1.52. The maximum Gasteiger partial charge on any atom is 0.228 e. The summed E-state index contributed by atoms with van der Waals surface area (Å²) < 4.78 is 27.4. The molecule has 5 heterocycles. The van der Waals surface area contributed by atoms with Gasteiger partial charge in [0.15, 0.2) is 11.4 Å². The molecule has 0 amide bonds. The van der Waals surface area contributed by atoms with Crippen molar-refractivity contribution in [2.45, 2.75) is 32.0 Å². The first kappa shape index (κ1) is 22.0. The van der Waals surface area contributed by atoms with Gasteiger partial charge in [0.1, 0.15) is 11.5 Å². The van der Waals surface area contributed by atoms with Crippen molar-refractivity contribution in [3.8, 4) is 11.6 Å². The molecule has 1 atom stereocenters. The third kappa shape index (κ3) is 4.35. The highest BCUT2D eigenvalue weighted by molar-refractivity contribution is 5.58. The summed E-state index contributed by atoms with van der Waals surface area (Å²) in [4.78, 5) is 13.9. The van der Waals surface area contributed by atoms with Gasteiger partial charge in [-0.3, -0.25) is 4.90 Å². The van der Waals surface area contributed by atoms with E-state index < -0.39 is 5.72 Å². The van der Waals surface area contributed by atoms with Gasteiger partial charge in [0, 0.05) is 51.1 Å². The summed E-state index contributed by atoms with van der Waals surface area (Å²) in [5.41, 5.74) is 1.88. The number of rotatable bonds is 6. The monoisotopic (exact) mass is 477 g/mol. The van der Waals surface area contributed by atoms with Gasteiger partial charge < -0.3 is 19.4 Å². The van der Waals surface area contributed by atoms with Crippen LogP contribution in [0.2, 0.25) is 0 Å². The Hall–Kier alpha value is -3.50. The quantitative estimate of drug-likeness (QED) is 0.449. The lowest BCUT2D eigenvalue weighted by atomic mass is 10.2. The molecule has 35 heavy (non-hydrogen) atoms. The zero-order valence-electron chi connectivity index (χ0n) is 19.7. The number of nitrogens with one attached hydrogen (secondary N) is 1. The number of piperazine rings is 1. The number of benzene rings is 1. The minimum atomic E-state index is -0.485. The summed E-state index contributed by atoms with van der Waals surface area (Å²) in [6.07, 6.45) is 5.37. The number of para-hydroxylation sites is 1. The molecule has 0 bridgehead atoms. The molecule has 0 saturated carbocycles. The van der Waals surface area contributed by atoms with Crippen molar-refractivity contribution in [2.75, 3.05) is 43.0 Å². The molecule has 10 heteroatoms. The molecule has 0 aliphatic carbocycles. The number of nitrogens with zero attached hydrogens (tertiary/aromatic N) is 6.